The first-order chi connectivity index (χ1) is 12.3. The van der Waals surface area contributed by atoms with E-state index in [1.54, 1.807) is 11.3 Å². The molecule has 0 spiro atoms. The number of hydrogen-bond acceptors (Lipinski definition) is 2. The van der Waals surface area contributed by atoms with Gasteiger partial charge in [0.05, 0.1) is 6.04 Å². The largest absolute Gasteiger partial charge is 0.368 e. The van der Waals surface area contributed by atoms with E-state index in [0.717, 1.165) is 13.1 Å². The third kappa shape index (κ3) is 3.64. The fourth-order valence-electron chi connectivity index (χ4n) is 4.36. The van der Waals surface area contributed by atoms with Crippen LogP contribution in [0.1, 0.15) is 43.4 Å². The molecule has 0 aromatic heterocycles. The van der Waals surface area contributed by atoms with Crippen molar-refractivity contribution >= 4 is 0 Å². The van der Waals surface area contributed by atoms with Gasteiger partial charge in [-0.3, -0.25) is 4.90 Å². The number of nitrogens with zero attached hydrogens (tertiary/aromatic N) is 2. The molecule has 0 bridgehead atoms. The molecule has 2 aromatic carbocycles. The molecule has 0 saturated carbocycles. The van der Waals surface area contributed by atoms with Crippen molar-refractivity contribution in [1.29, 1.82) is 0 Å². The Balaban J connectivity index is 1.49. The Labute approximate surface area is 151 Å². The molecule has 0 amide bonds. The molecule has 0 N–H and O–H groups in total. The first-order valence-electron chi connectivity index (χ1n) is 9.60. The minimum atomic E-state index is 0.479. The van der Waals surface area contributed by atoms with Crippen LogP contribution in [0.3, 0.4) is 0 Å². The van der Waals surface area contributed by atoms with E-state index in [0.29, 0.717) is 6.04 Å². The van der Waals surface area contributed by atoms with E-state index in [1.807, 2.05) is 0 Å². The van der Waals surface area contributed by atoms with Gasteiger partial charge in [0, 0.05) is 38.3 Å². The van der Waals surface area contributed by atoms with Crippen molar-refractivity contribution in [3.63, 3.8) is 0 Å². The van der Waals surface area contributed by atoms with Crippen molar-refractivity contribution < 1.29 is 0 Å². The zero-order chi connectivity index (χ0) is 17.1. The maximum Gasteiger partial charge on any atom is 0.0511 e. The van der Waals surface area contributed by atoms with Gasteiger partial charge in [0.25, 0.3) is 0 Å². The van der Waals surface area contributed by atoms with Gasteiger partial charge in [-0.15, -0.1) is 0 Å². The zero-order valence-electron chi connectivity index (χ0n) is 15.2. The SMILES string of the molecule is C[C@H](c1ccccc1)N1CCCC2=C1CCN(Cc1ccccc1)C2. The predicted molar refractivity (Wildman–Crippen MR) is 104 cm³/mol. The Hall–Kier alpha value is -2.06. The minimum Gasteiger partial charge on any atom is -0.368 e. The van der Waals surface area contributed by atoms with E-state index >= 15 is 0 Å². The van der Waals surface area contributed by atoms with Gasteiger partial charge in [0.15, 0.2) is 0 Å². The average Bonchev–Trinajstić information content (AvgIpc) is 2.68. The highest BCUT2D eigenvalue weighted by Gasteiger charge is 2.28. The topological polar surface area (TPSA) is 6.48 Å². The maximum atomic E-state index is 2.67. The molecule has 0 saturated heterocycles. The van der Waals surface area contributed by atoms with Gasteiger partial charge in [-0.2, -0.15) is 0 Å². The summed E-state index contributed by atoms with van der Waals surface area (Å²) in [5, 5.41) is 0. The summed E-state index contributed by atoms with van der Waals surface area (Å²) in [6.07, 6.45) is 3.76. The number of benzene rings is 2. The monoisotopic (exact) mass is 332 g/mol. The first kappa shape index (κ1) is 16.4. The van der Waals surface area contributed by atoms with Crippen LogP contribution < -0.4 is 0 Å². The normalized spacial score (nSPS) is 19.6. The summed E-state index contributed by atoms with van der Waals surface area (Å²) in [5.74, 6) is 0. The van der Waals surface area contributed by atoms with E-state index < -0.39 is 0 Å². The molecule has 2 heterocycles. The summed E-state index contributed by atoms with van der Waals surface area (Å²) >= 11 is 0. The lowest BCUT2D eigenvalue weighted by atomic mass is 9.93. The van der Waals surface area contributed by atoms with Crippen molar-refractivity contribution in [3.05, 3.63) is 83.1 Å². The maximum absolute atomic E-state index is 2.67. The van der Waals surface area contributed by atoms with Crippen LogP contribution in [-0.4, -0.2) is 29.4 Å². The van der Waals surface area contributed by atoms with Crippen LogP contribution in [0.5, 0.6) is 0 Å². The summed E-state index contributed by atoms with van der Waals surface area (Å²) < 4.78 is 0. The molecule has 2 aromatic rings. The molecule has 1 atom stereocenters. The van der Waals surface area contributed by atoms with E-state index in [-0.39, 0.29) is 0 Å². The quantitative estimate of drug-likeness (QED) is 0.777. The first-order valence-corrected chi connectivity index (χ1v) is 9.60. The van der Waals surface area contributed by atoms with Crippen LogP contribution in [0, 0.1) is 0 Å². The molecule has 4 rings (SSSR count). The zero-order valence-corrected chi connectivity index (χ0v) is 15.2. The van der Waals surface area contributed by atoms with E-state index in [9.17, 15) is 0 Å². The smallest absolute Gasteiger partial charge is 0.0511 e. The molecule has 2 heteroatoms. The second kappa shape index (κ2) is 7.45. The van der Waals surface area contributed by atoms with Gasteiger partial charge < -0.3 is 4.90 Å². The van der Waals surface area contributed by atoms with Gasteiger partial charge in [0.1, 0.15) is 0 Å². The molecule has 2 aliphatic heterocycles. The van der Waals surface area contributed by atoms with Crippen LogP contribution in [0.4, 0.5) is 0 Å². The summed E-state index contributed by atoms with van der Waals surface area (Å²) in [5.41, 5.74) is 6.17. The van der Waals surface area contributed by atoms with E-state index in [2.05, 4.69) is 77.4 Å². The molecule has 25 heavy (non-hydrogen) atoms. The summed E-state index contributed by atoms with van der Waals surface area (Å²) in [6, 6.07) is 22.3. The molecule has 2 nitrogen and oxygen atoms in total. The lowest BCUT2D eigenvalue weighted by molar-refractivity contribution is 0.190. The van der Waals surface area contributed by atoms with Crippen LogP contribution in [0.25, 0.3) is 0 Å². The van der Waals surface area contributed by atoms with Gasteiger partial charge in [-0.05, 0) is 36.5 Å². The highest BCUT2D eigenvalue weighted by atomic mass is 15.2. The van der Waals surface area contributed by atoms with Gasteiger partial charge in [-0.1, -0.05) is 60.7 Å². The Morgan fingerprint density at radius 2 is 1.60 bits per heavy atom. The van der Waals surface area contributed by atoms with E-state index in [1.165, 1.54) is 43.5 Å². The lowest BCUT2D eigenvalue weighted by Gasteiger charge is -2.43. The fourth-order valence-corrected chi connectivity index (χ4v) is 4.36. The van der Waals surface area contributed by atoms with Crippen molar-refractivity contribution in [2.75, 3.05) is 19.6 Å². The Kier molecular flexibility index (Phi) is 4.89. The summed E-state index contributed by atoms with van der Waals surface area (Å²) in [6.45, 7) is 6.95. The third-order valence-electron chi connectivity index (χ3n) is 5.71. The van der Waals surface area contributed by atoms with Gasteiger partial charge >= 0.3 is 0 Å². The standard InChI is InChI=1S/C23H28N2/c1-19(21-11-6-3-7-12-21)25-15-8-13-22-18-24(16-14-23(22)25)17-20-9-4-2-5-10-20/h2-7,9-12,19H,8,13-18H2,1H3/t19-/m1/s1. The third-order valence-corrected chi connectivity index (χ3v) is 5.71. The predicted octanol–water partition coefficient (Wildman–Crippen LogP) is 5.00. The number of rotatable bonds is 4. The fraction of sp³-hybridized carbons (Fsp3) is 0.391. The Morgan fingerprint density at radius 3 is 2.36 bits per heavy atom. The molecule has 0 radical (unpaired) electrons. The van der Waals surface area contributed by atoms with Crippen LogP contribution in [0.2, 0.25) is 0 Å². The second-order valence-corrected chi connectivity index (χ2v) is 7.38. The van der Waals surface area contributed by atoms with Crippen LogP contribution in [0.15, 0.2) is 71.9 Å². The van der Waals surface area contributed by atoms with Crippen molar-refractivity contribution in [2.45, 2.75) is 38.8 Å². The molecule has 0 fully saturated rings. The second-order valence-electron chi connectivity index (χ2n) is 7.38. The average molecular weight is 332 g/mol. The molecule has 0 aliphatic carbocycles. The van der Waals surface area contributed by atoms with Crippen LogP contribution in [-0.2, 0) is 6.54 Å². The summed E-state index contributed by atoms with van der Waals surface area (Å²) in [4.78, 5) is 5.29. The Morgan fingerprint density at radius 1 is 0.880 bits per heavy atom. The number of hydrogen-bond donors (Lipinski definition) is 0. The van der Waals surface area contributed by atoms with Crippen molar-refractivity contribution in [1.82, 2.24) is 9.80 Å². The lowest BCUT2D eigenvalue weighted by Crippen LogP contribution is -2.40. The Bertz CT molecular complexity index is 720. The minimum absolute atomic E-state index is 0.479. The molecule has 2 aliphatic rings. The van der Waals surface area contributed by atoms with Crippen molar-refractivity contribution in [2.24, 2.45) is 0 Å². The molecular weight excluding hydrogens is 304 g/mol. The highest BCUT2D eigenvalue weighted by Crippen LogP contribution is 2.35. The summed E-state index contributed by atoms with van der Waals surface area (Å²) in [7, 11) is 0. The van der Waals surface area contributed by atoms with E-state index in [4.69, 9.17) is 0 Å². The molecular formula is C23H28N2. The van der Waals surface area contributed by atoms with Crippen molar-refractivity contribution in [3.8, 4) is 0 Å². The van der Waals surface area contributed by atoms with Gasteiger partial charge in [0.2, 0.25) is 0 Å². The van der Waals surface area contributed by atoms with Gasteiger partial charge in [-0.25, -0.2) is 0 Å². The molecule has 130 valence electrons. The molecule has 0 unspecified atom stereocenters. The van der Waals surface area contributed by atoms with Crippen LogP contribution >= 0.6 is 0 Å². The highest BCUT2D eigenvalue weighted by molar-refractivity contribution is 5.26.